The third-order valence-electron chi connectivity index (χ3n) is 3.52. The van der Waals surface area contributed by atoms with Crippen molar-refractivity contribution in [1.82, 2.24) is 5.32 Å². The summed E-state index contributed by atoms with van der Waals surface area (Å²) >= 11 is 5.11. The van der Waals surface area contributed by atoms with Gasteiger partial charge in [0, 0.05) is 12.1 Å². The quantitative estimate of drug-likeness (QED) is 0.395. The van der Waals surface area contributed by atoms with Gasteiger partial charge in [-0.05, 0) is 30.3 Å². The van der Waals surface area contributed by atoms with Crippen molar-refractivity contribution in [2.24, 2.45) is 5.92 Å². The molecule has 11 heteroatoms. The number of carbonyl (C=O) groups is 1. The molecular weight excluding hydrogens is 400 g/mol. The number of anilines is 1. The Bertz CT molecular complexity index is 931. The molecule has 0 aliphatic rings. The minimum Gasteiger partial charge on any atom is -0.491 e. The number of nitro groups is 2. The van der Waals surface area contributed by atoms with Gasteiger partial charge in [0.05, 0.1) is 33.8 Å². The molecule has 2 aromatic carbocycles. The number of nitrogens with one attached hydrogen (secondary N) is 2. The molecule has 29 heavy (non-hydrogen) atoms. The molecule has 0 unspecified atom stereocenters. The second-order valence-corrected chi connectivity index (χ2v) is 6.77. The Labute approximate surface area is 171 Å². The van der Waals surface area contributed by atoms with Crippen molar-refractivity contribution in [3.63, 3.8) is 0 Å². The highest BCUT2D eigenvalue weighted by atomic mass is 32.1. The molecule has 2 aromatic rings. The highest BCUT2D eigenvalue weighted by molar-refractivity contribution is 7.80. The minimum atomic E-state index is -0.824. The third-order valence-corrected chi connectivity index (χ3v) is 3.72. The van der Waals surface area contributed by atoms with Crippen LogP contribution in [0.15, 0.2) is 42.5 Å². The molecule has 0 spiro atoms. The largest absolute Gasteiger partial charge is 0.491 e. The standard InChI is InChI=1S/C18H18N4O6S/c1-11(2)10-28-16-6-4-3-5-15(16)19-18(29)20-17(23)12-7-13(21(24)25)9-14(8-12)22(26)27/h3-9,11H,10H2,1-2H3,(H2,19,20,23,29). The summed E-state index contributed by atoms with van der Waals surface area (Å²) in [4.78, 5) is 32.7. The van der Waals surface area contributed by atoms with Gasteiger partial charge in [-0.3, -0.25) is 30.3 Å². The van der Waals surface area contributed by atoms with E-state index < -0.39 is 27.1 Å². The highest BCUT2D eigenvalue weighted by Crippen LogP contribution is 2.25. The van der Waals surface area contributed by atoms with Crippen molar-refractivity contribution in [3.05, 3.63) is 68.3 Å². The van der Waals surface area contributed by atoms with Gasteiger partial charge >= 0.3 is 0 Å². The van der Waals surface area contributed by atoms with E-state index in [4.69, 9.17) is 17.0 Å². The summed E-state index contributed by atoms with van der Waals surface area (Å²) in [5.74, 6) is 0.0121. The van der Waals surface area contributed by atoms with Gasteiger partial charge in [0.1, 0.15) is 5.75 Å². The maximum absolute atomic E-state index is 12.4. The van der Waals surface area contributed by atoms with E-state index in [9.17, 15) is 25.0 Å². The average Bonchev–Trinajstić information content (AvgIpc) is 2.66. The van der Waals surface area contributed by atoms with Crippen molar-refractivity contribution in [2.45, 2.75) is 13.8 Å². The number of para-hydroxylation sites is 2. The molecule has 0 heterocycles. The zero-order chi connectivity index (χ0) is 21.6. The van der Waals surface area contributed by atoms with Crippen molar-refractivity contribution in [2.75, 3.05) is 11.9 Å². The molecule has 0 bridgehead atoms. The minimum absolute atomic E-state index is 0.0928. The van der Waals surface area contributed by atoms with Crippen LogP contribution in [0.2, 0.25) is 0 Å². The van der Waals surface area contributed by atoms with Crippen LogP contribution >= 0.6 is 12.2 Å². The van der Waals surface area contributed by atoms with E-state index >= 15 is 0 Å². The Kier molecular flexibility index (Phi) is 7.15. The lowest BCUT2D eigenvalue weighted by Crippen LogP contribution is -2.34. The lowest BCUT2D eigenvalue weighted by Gasteiger charge is -2.15. The predicted molar refractivity (Wildman–Crippen MR) is 110 cm³/mol. The van der Waals surface area contributed by atoms with Crippen LogP contribution in [-0.4, -0.2) is 27.5 Å². The molecule has 0 saturated carbocycles. The topological polar surface area (TPSA) is 137 Å². The van der Waals surface area contributed by atoms with Crippen LogP contribution in [0.1, 0.15) is 24.2 Å². The first-order chi connectivity index (χ1) is 13.7. The highest BCUT2D eigenvalue weighted by Gasteiger charge is 2.20. The zero-order valence-corrected chi connectivity index (χ0v) is 16.4. The van der Waals surface area contributed by atoms with Gasteiger partial charge in [-0.25, -0.2) is 0 Å². The summed E-state index contributed by atoms with van der Waals surface area (Å²) in [7, 11) is 0. The number of hydrogen-bond acceptors (Lipinski definition) is 7. The van der Waals surface area contributed by atoms with Gasteiger partial charge in [0.25, 0.3) is 17.3 Å². The number of carbonyl (C=O) groups excluding carboxylic acids is 1. The average molecular weight is 418 g/mol. The van der Waals surface area contributed by atoms with Crippen LogP contribution in [0.5, 0.6) is 5.75 Å². The smallest absolute Gasteiger partial charge is 0.277 e. The number of rotatable bonds is 7. The van der Waals surface area contributed by atoms with E-state index in [1.54, 1.807) is 24.3 Å². The van der Waals surface area contributed by atoms with Gasteiger partial charge in [-0.15, -0.1) is 0 Å². The first-order valence-electron chi connectivity index (χ1n) is 8.45. The summed E-state index contributed by atoms with van der Waals surface area (Å²) in [6, 6.07) is 9.61. The lowest BCUT2D eigenvalue weighted by atomic mass is 10.1. The SMILES string of the molecule is CC(C)COc1ccccc1NC(=S)NC(=O)c1cc([N+](=O)[O-])cc([N+](=O)[O-])c1. The predicted octanol–water partition coefficient (Wildman–Crippen LogP) is 3.66. The molecule has 0 fully saturated rings. The second-order valence-electron chi connectivity index (χ2n) is 6.36. The van der Waals surface area contributed by atoms with E-state index in [0.29, 0.717) is 24.0 Å². The van der Waals surface area contributed by atoms with Crippen LogP contribution in [-0.2, 0) is 0 Å². The van der Waals surface area contributed by atoms with E-state index in [0.717, 1.165) is 18.2 Å². The number of non-ortho nitro benzene ring substituents is 2. The van der Waals surface area contributed by atoms with Crippen LogP contribution in [0.4, 0.5) is 17.1 Å². The van der Waals surface area contributed by atoms with Crippen LogP contribution in [0, 0.1) is 26.1 Å². The number of benzene rings is 2. The Morgan fingerprint density at radius 1 is 1.10 bits per heavy atom. The normalized spacial score (nSPS) is 10.3. The van der Waals surface area contributed by atoms with E-state index in [2.05, 4.69) is 10.6 Å². The lowest BCUT2D eigenvalue weighted by molar-refractivity contribution is -0.394. The number of ether oxygens (including phenoxy) is 1. The Morgan fingerprint density at radius 2 is 1.69 bits per heavy atom. The van der Waals surface area contributed by atoms with Crippen LogP contribution in [0.3, 0.4) is 0 Å². The fourth-order valence-electron chi connectivity index (χ4n) is 2.22. The summed E-state index contributed by atoms with van der Waals surface area (Å²) < 4.78 is 5.69. The van der Waals surface area contributed by atoms with Gasteiger partial charge in [-0.2, -0.15) is 0 Å². The summed E-state index contributed by atoms with van der Waals surface area (Å²) in [5.41, 5.74) is -0.894. The van der Waals surface area contributed by atoms with Gasteiger partial charge in [0.2, 0.25) is 0 Å². The number of amides is 1. The van der Waals surface area contributed by atoms with Crippen LogP contribution in [0.25, 0.3) is 0 Å². The Balaban J connectivity index is 2.15. The van der Waals surface area contributed by atoms with Gasteiger partial charge in [0.15, 0.2) is 5.11 Å². The molecule has 10 nitrogen and oxygen atoms in total. The van der Waals surface area contributed by atoms with Crippen molar-refractivity contribution >= 4 is 40.3 Å². The molecule has 2 rings (SSSR count). The maximum atomic E-state index is 12.4. The van der Waals surface area contributed by atoms with E-state index in [1.807, 2.05) is 13.8 Å². The van der Waals surface area contributed by atoms with Crippen molar-refractivity contribution in [3.8, 4) is 5.75 Å². The Hall–Kier alpha value is -3.60. The number of hydrogen-bond donors (Lipinski definition) is 2. The molecular formula is C18H18N4O6S. The number of thiocarbonyl (C=S) groups is 1. The second kappa shape index (κ2) is 9.55. The first-order valence-corrected chi connectivity index (χ1v) is 8.86. The molecule has 0 atom stereocenters. The zero-order valence-electron chi connectivity index (χ0n) is 15.6. The fraction of sp³-hybridized carbons (Fsp3) is 0.222. The molecule has 0 aliphatic carbocycles. The third kappa shape index (κ3) is 6.21. The number of nitro benzene ring substituents is 2. The summed E-state index contributed by atoms with van der Waals surface area (Å²) in [6.45, 7) is 4.48. The van der Waals surface area contributed by atoms with E-state index in [1.165, 1.54) is 0 Å². The molecule has 152 valence electrons. The summed E-state index contributed by atoms with van der Waals surface area (Å²) in [6.07, 6.45) is 0. The van der Waals surface area contributed by atoms with Crippen molar-refractivity contribution < 1.29 is 19.4 Å². The molecule has 0 aliphatic heterocycles. The molecule has 0 aromatic heterocycles. The van der Waals surface area contributed by atoms with Crippen molar-refractivity contribution in [1.29, 1.82) is 0 Å². The first kappa shape index (κ1) is 21.7. The van der Waals surface area contributed by atoms with Crippen LogP contribution < -0.4 is 15.4 Å². The fourth-order valence-corrected chi connectivity index (χ4v) is 2.42. The maximum Gasteiger partial charge on any atom is 0.277 e. The van der Waals surface area contributed by atoms with E-state index in [-0.39, 0.29) is 10.7 Å². The molecule has 0 saturated heterocycles. The summed E-state index contributed by atoms with van der Waals surface area (Å²) in [5, 5.41) is 27.0. The molecule has 1 amide bonds. The number of nitrogens with zero attached hydrogens (tertiary/aromatic N) is 2. The Morgan fingerprint density at radius 3 is 2.24 bits per heavy atom. The van der Waals surface area contributed by atoms with Gasteiger partial charge < -0.3 is 10.1 Å². The monoisotopic (exact) mass is 418 g/mol. The van der Waals surface area contributed by atoms with Gasteiger partial charge in [-0.1, -0.05) is 26.0 Å². The molecule has 0 radical (unpaired) electrons. The molecule has 2 N–H and O–H groups in total.